The van der Waals surface area contributed by atoms with Crippen molar-refractivity contribution in [2.24, 2.45) is 0 Å². The van der Waals surface area contributed by atoms with E-state index in [1.54, 1.807) is 12.1 Å². The van der Waals surface area contributed by atoms with Gasteiger partial charge in [-0.25, -0.2) is 4.39 Å². The van der Waals surface area contributed by atoms with Crippen LogP contribution in [0.1, 0.15) is 5.56 Å². The van der Waals surface area contributed by atoms with Crippen LogP contribution in [-0.4, -0.2) is 0 Å². The molecular formula is C13H9Br2ClFN. The van der Waals surface area contributed by atoms with E-state index in [9.17, 15) is 4.39 Å². The molecule has 2 aromatic carbocycles. The van der Waals surface area contributed by atoms with Gasteiger partial charge in [-0.3, -0.25) is 0 Å². The van der Waals surface area contributed by atoms with Gasteiger partial charge in [-0.15, -0.1) is 0 Å². The van der Waals surface area contributed by atoms with Crippen molar-refractivity contribution < 1.29 is 4.39 Å². The Kier molecular flexibility index (Phi) is 4.65. The fraction of sp³-hybridized carbons (Fsp3) is 0.0769. The van der Waals surface area contributed by atoms with E-state index in [2.05, 4.69) is 37.2 Å². The lowest BCUT2D eigenvalue weighted by atomic mass is 10.2. The minimum Gasteiger partial charge on any atom is -0.380 e. The second-order valence-electron chi connectivity index (χ2n) is 3.71. The lowest BCUT2D eigenvalue weighted by Gasteiger charge is -2.10. The molecule has 0 heterocycles. The van der Waals surface area contributed by atoms with Gasteiger partial charge in [0.15, 0.2) is 0 Å². The Morgan fingerprint density at radius 2 is 1.89 bits per heavy atom. The zero-order chi connectivity index (χ0) is 13.1. The summed E-state index contributed by atoms with van der Waals surface area (Å²) in [6, 6.07) is 10.4. The second kappa shape index (κ2) is 6.04. The van der Waals surface area contributed by atoms with Crippen molar-refractivity contribution in [2.75, 3.05) is 5.32 Å². The summed E-state index contributed by atoms with van der Waals surface area (Å²) in [6.45, 7) is 0.406. The topological polar surface area (TPSA) is 12.0 Å². The van der Waals surface area contributed by atoms with Crippen LogP contribution in [0.5, 0.6) is 0 Å². The van der Waals surface area contributed by atoms with E-state index < -0.39 is 0 Å². The summed E-state index contributed by atoms with van der Waals surface area (Å²) in [6.07, 6.45) is 0. The van der Waals surface area contributed by atoms with Gasteiger partial charge < -0.3 is 5.32 Å². The quantitative estimate of drug-likeness (QED) is 0.714. The Morgan fingerprint density at radius 1 is 1.11 bits per heavy atom. The van der Waals surface area contributed by atoms with Gasteiger partial charge in [0.05, 0.1) is 0 Å². The first-order valence-corrected chi connectivity index (χ1v) is 7.15. The summed E-state index contributed by atoms with van der Waals surface area (Å²) in [4.78, 5) is 0. The molecule has 0 amide bonds. The first-order valence-electron chi connectivity index (χ1n) is 5.19. The number of benzene rings is 2. The SMILES string of the molecule is Fc1cc(Cl)ccc1CNc1ccc(Br)cc1Br. The van der Waals surface area contributed by atoms with Crippen molar-refractivity contribution in [1.29, 1.82) is 0 Å². The summed E-state index contributed by atoms with van der Waals surface area (Å²) < 4.78 is 15.5. The molecular weight excluding hydrogens is 384 g/mol. The molecule has 2 rings (SSSR count). The van der Waals surface area contributed by atoms with Gasteiger partial charge in [0.2, 0.25) is 0 Å². The molecule has 5 heteroatoms. The average Bonchev–Trinajstić information content (AvgIpc) is 2.30. The van der Waals surface area contributed by atoms with Crippen LogP contribution in [0.3, 0.4) is 0 Å². The summed E-state index contributed by atoms with van der Waals surface area (Å²) >= 11 is 12.5. The molecule has 0 aromatic heterocycles. The summed E-state index contributed by atoms with van der Waals surface area (Å²) in [5.41, 5.74) is 1.49. The summed E-state index contributed by atoms with van der Waals surface area (Å²) in [5.74, 6) is -0.303. The van der Waals surface area contributed by atoms with Gasteiger partial charge in [0.1, 0.15) is 5.82 Å². The van der Waals surface area contributed by atoms with Crippen LogP contribution in [0.4, 0.5) is 10.1 Å². The summed E-state index contributed by atoms with van der Waals surface area (Å²) in [5, 5.41) is 3.57. The van der Waals surface area contributed by atoms with Gasteiger partial charge in [0, 0.05) is 31.8 Å². The highest BCUT2D eigenvalue weighted by Crippen LogP contribution is 2.27. The molecule has 0 bridgehead atoms. The molecule has 0 unspecified atom stereocenters. The predicted octanol–water partition coefficient (Wildman–Crippen LogP) is 5.62. The predicted molar refractivity (Wildman–Crippen MR) is 80.6 cm³/mol. The first kappa shape index (κ1) is 13.8. The van der Waals surface area contributed by atoms with Crippen molar-refractivity contribution in [3.05, 3.63) is 61.7 Å². The van der Waals surface area contributed by atoms with Crippen LogP contribution >= 0.6 is 43.5 Å². The number of hydrogen-bond donors (Lipinski definition) is 1. The fourth-order valence-corrected chi connectivity index (χ4v) is 2.83. The Balaban J connectivity index is 2.11. The highest BCUT2D eigenvalue weighted by Gasteiger charge is 2.04. The van der Waals surface area contributed by atoms with E-state index in [1.165, 1.54) is 6.07 Å². The highest BCUT2D eigenvalue weighted by atomic mass is 79.9. The van der Waals surface area contributed by atoms with Crippen LogP contribution < -0.4 is 5.32 Å². The third-order valence-electron chi connectivity index (χ3n) is 2.42. The van der Waals surface area contributed by atoms with Crippen molar-refractivity contribution in [2.45, 2.75) is 6.54 Å². The van der Waals surface area contributed by atoms with Gasteiger partial charge in [-0.1, -0.05) is 33.6 Å². The zero-order valence-electron chi connectivity index (χ0n) is 9.18. The second-order valence-corrected chi connectivity index (χ2v) is 5.92. The fourth-order valence-electron chi connectivity index (χ4n) is 1.49. The van der Waals surface area contributed by atoms with Gasteiger partial charge in [-0.2, -0.15) is 0 Å². The van der Waals surface area contributed by atoms with E-state index in [1.807, 2.05) is 18.2 Å². The molecule has 0 saturated heterocycles. The van der Waals surface area contributed by atoms with Crippen molar-refractivity contribution in [3.8, 4) is 0 Å². The van der Waals surface area contributed by atoms with E-state index in [0.717, 1.165) is 14.6 Å². The third kappa shape index (κ3) is 3.46. The van der Waals surface area contributed by atoms with Crippen LogP contribution in [0.15, 0.2) is 45.3 Å². The Labute approximate surface area is 127 Å². The number of rotatable bonds is 3. The minimum absolute atomic E-state index is 0.303. The molecule has 94 valence electrons. The number of anilines is 1. The van der Waals surface area contributed by atoms with Crippen LogP contribution in [0, 0.1) is 5.82 Å². The van der Waals surface area contributed by atoms with Crippen molar-refractivity contribution >= 4 is 49.1 Å². The molecule has 0 aliphatic heterocycles. The maximum Gasteiger partial charge on any atom is 0.129 e. The van der Waals surface area contributed by atoms with Gasteiger partial charge >= 0.3 is 0 Å². The summed E-state index contributed by atoms with van der Waals surface area (Å²) in [7, 11) is 0. The van der Waals surface area contributed by atoms with E-state index in [0.29, 0.717) is 17.1 Å². The smallest absolute Gasteiger partial charge is 0.129 e. The van der Waals surface area contributed by atoms with Gasteiger partial charge in [0.25, 0.3) is 0 Å². The molecule has 0 radical (unpaired) electrons. The first-order chi connectivity index (χ1) is 8.56. The van der Waals surface area contributed by atoms with Crippen molar-refractivity contribution in [1.82, 2.24) is 0 Å². The molecule has 0 fully saturated rings. The molecule has 0 aliphatic carbocycles. The molecule has 1 N–H and O–H groups in total. The number of halogens is 4. The lowest BCUT2D eigenvalue weighted by Crippen LogP contribution is -2.02. The Hall–Kier alpha value is -0.580. The Morgan fingerprint density at radius 3 is 2.56 bits per heavy atom. The van der Waals surface area contributed by atoms with Crippen LogP contribution in [-0.2, 0) is 6.54 Å². The minimum atomic E-state index is -0.303. The largest absolute Gasteiger partial charge is 0.380 e. The molecule has 0 aliphatic rings. The third-order valence-corrected chi connectivity index (χ3v) is 3.80. The number of nitrogens with one attached hydrogen (secondary N) is 1. The van der Waals surface area contributed by atoms with E-state index in [4.69, 9.17) is 11.6 Å². The average molecular weight is 393 g/mol. The highest BCUT2D eigenvalue weighted by molar-refractivity contribution is 9.11. The maximum atomic E-state index is 13.6. The monoisotopic (exact) mass is 391 g/mol. The zero-order valence-corrected chi connectivity index (χ0v) is 13.1. The Bertz CT molecular complexity index is 523. The molecule has 2 aromatic rings. The molecule has 0 saturated carbocycles. The van der Waals surface area contributed by atoms with E-state index >= 15 is 0 Å². The standard InChI is InChI=1S/C13H9Br2ClFN/c14-9-2-4-13(11(15)5-9)18-7-8-1-3-10(16)6-12(8)17/h1-6,18H,7H2. The lowest BCUT2D eigenvalue weighted by molar-refractivity contribution is 0.613. The molecule has 1 nitrogen and oxygen atoms in total. The molecule has 18 heavy (non-hydrogen) atoms. The van der Waals surface area contributed by atoms with Crippen LogP contribution in [0.25, 0.3) is 0 Å². The van der Waals surface area contributed by atoms with E-state index in [-0.39, 0.29) is 5.82 Å². The molecule has 0 spiro atoms. The van der Waals surface area contributed by atoms with Crippen LogP contribution in [0.2, 0.25) is 5.02 Å². The van der Waals surface area contributed by atoms with Gasteiger partial charge in [-0.05, 0) is 46.3 Å². The molecule has 0 atom stereocenters. The number of hydrogen-bond acceptors (Lipinski definition) is 1. The normalized spacial score (nSPS) is 10.4. The maximum absolute atomic E-state index is 13.6. The van der Waals surface area contributed by atoms with Crippen molar-refractivity contribution in [3.63, 3.8) is 0 Å².